The van der Waals surface area contributed by atoms with Crippen molar-refractivity contribution in [2.24, 2.45) is 0 Å². The molecule has 0 aliphatic rings. The molecule has 0 amide bonds. The second-order valence-corrected chi connectivity index (χ2v) is 2.03. The van der Waals surface area contributed by atoms with E-state index in [9.17, 15) is 4.79 Å². The maximum atomic E-state index is 10.7. The molecule has 0 fully saturated rings. The van der Waals surface area contributed by atoms with Crippen LogP contribution in [-0.2, 0) is 9.63 Å². The van der Waals surface area contributed by atoms with Gasteiger partial charge in [0.1, 0.15) is 0 Å². The summed E-state index contributed by atoms with van der Waals surface area (Å²) in [5.41, 5.74) is 0. The summed E-state index contributed by atoms with van der Waals surface area (Å²) in [7, 11) is 3.33. The molecule has 3 heteroatoms. The van der Waals surface area contributed by atoms with Crippen LogP contribution in [0.3, 0.4) is 0 Å². The highest BCUT2D eigenvalue weighted by Gasteiger charge is 1.95. The smallest absolute Gasteiger partial charge is 0.349 e. The lowest BCUT2D eigenvalue weighted by Gasteiger charge is -2.06. The van der Waals surface area contributed by atoms with Gasteiger partial charge in [-0.3, -0.25) is 0 Å². The molecule has 10 heavy (non-hydrogen) atoms. The number of hydrogen-bond donors (Lipinski definition) is 0. The van der Waals surface area contributed by atoms with Crippen molar-refractivity contribution in [1.82, 2.24) is 5.06 Å². The van der Waals surface area contributed by atoms with E-state index in [0.29, 0.717) is 0 Å². The van der Waals surface area contributed by atoms with Crippen LogP contribution in [0.1, 0.15) is 13.3 Å². The van der Waals surface area contributed by atoms with Gasteiger partial charge in [0.15, 0.2) is 0 Å². The van der Waals surface area contributed by atoms with E-state index in [1.807, 2.05) is 6.92 Å². The molecule has 0 heterocycles. The minimum Gasteiger partial charge on any atom is -0.365 e. The molecule has 0 aliphatic heterocycles. The van der Waals surface area contributed by atoms with Crippen molar-refractivity contribution in [1.29, 1.82) is 0 Å². The number of hydrogen-bond acceptors (Lipinski definition) is 3. The van der Waals surface area contributed by atoms with Crippen LogP contribution in [-0.4, -0.2) is 25.1 Å². The van der Waals surface area contributed by atoms with E-state index < -0.39 is 0 Å². The normalized spacial score (nSPS) is 10.8. The number of carbonyl (C=O) groups is 1. The van der Waals surface area contributed by atoms with Crippen LogP contribution >= 0.6 is 0 Å². The summed E-state index contributed by atoms with van der Waals surface area (Å²) in [4.78, 5) is 15.3. The predicted octanol–water partition coefficient (Wildman–Crippen LogP) is 0.972. The van der Waals surface area contributed by atoms with E-state index in [-0.39, 0.29) is 5.97 Å². The fraction of sp³-hybridized carbons (Fsp3) is 0.571. The van der Waals surface area contributed by atoms with Gasteiger partial charge in [0, 0.05) is 20.2 Å². The Balaban J connectivity index is 3.54. The largest absolute Gasteiger partial charge is 0.365 e. The quantitative estimate of drug-likeness (QED) is 0.435. The Kier molecular flexibility index (Phi) is 4.58. The van der Waals surface area contributed by atoms with Crippen molar-refractivity contribution in [2.45, 2.75) is 13.3 Å². The number of allylic oxidation sites excluding steroid dienone is 1. The third kappa shape index (κ3) is 5.31. The first-order chi connectivity index (χ1) is 4.66. The van der Waals surface area contributed by atoms with Crippen LogP contribution in [0.4, 0.5) is 0 Å². The van der Waals surface area contributed by atoms with Crippen molar-refractivity contribution in [3.05, 3.63) is 12.2 Å². The topological polar surface area (TPSA) is 29.5 Å². The van der Waals surface area contributed by atoms with Gasteiger partial charge in [-0.1, -0.05) is 13.0 Å². The minimum atomic E-state index is -0.327. The van der Waals surface area contributed by atoms with Gasteiger partial charge < -0.3 is 4.84 Å². The minimum absolute atomic E-state index is 0.327. The van der Waals surface area contributed by atoms with Crippen LogP contribution < -0.4 is 0 Å². The van der Waals surface area contributed by atoms with Crippen LogP contribution in [0.2, 0.25) is 0 Å². The van der Waals surface area contributed by atoms with Gasteiger partial charge in [0.05, 0.1) is 0 Å². The molecule has 0 radical (unpaired) electrons. The van der Waals surface area contributed by atoms with Crippen molar-refractivity contribution in [3.8, 4) is 0 Å². The maximum absolute atomic E-state index is 10.7. The zero-order valence-electron chi connectivity index (χ0n) is 6.63. The second-order valence-electron chi connectivity index (χ2n) is 2.03. The van der Waals surface area contributed by atoms with E-state index >= 15 is 0 Å². The van der Waals surface area contributed by atoms with Crippen LogP contribution in [0.5, 0.6) is 0 Å². The average Bonchev–Trinajstić information content (AvgIpc) is 1.82. The van der Waals surface area contributed by atoms with E-state index in [0.717, 1.165) is 6.42 Å². The first-order valence-corrected chi connectivity index (χ1v) is 3.22. The molecule has 0 unspecified atom stereocenters. The monoisotopic (exact) mass is 143 g/mol. The molecule has 0 aromatic heterocycles. The average molecular weight is 143 g/mol. The molecule has 58 valence electrons. The molecule has 0 aromatic carbocycles. The van der Waals surface area contributed by atoms with Crippen LogP contribution in [0.25, 0.3) is 0 Å². The van der Waals surface area contributed by atoms with Gasteiger partial charge in [0.25, 0.3) is 0 Å². The van der Waals surface area contributed by atoms with Gasteiger partial charge in [0.2, 0.25) is 0 Å². The summed E-state index contributed by atoms with van der Waals surface area (Å²) < 4.78 is 0. The van der Waals surface area contributed by atoms with Gasteiger partial charge in [-0.05, 0) is 6.42 Å². The van der Waals surface area contributed by atoms with Gasteiger partial charge >= 0.3 is 5.97 Å². The second kappa shape index (κ2) is 4.99. The molecule has 0 saturated heterocycles. The van der Waals surface area contributed by atoms with Gasteiger partial charge in [-0.15, -0.1) is 5.06 Å². The van der Waals surface area contributed by atoms with E-state index in [4.69, 9.17) is 0 Å². The molecule has 0 atom stereocenters. The summed E-state index contributed by atoms with van der Waals surface area (Å²) >= 11 is 0. The standard InChI is InChI=1S/C7H13NO2/c1-4-5-6-7(9)10-8(2)3/h5-6H,4H2,1-3H3. The number of hydroxylamine groups is 2. The Morgan fingerprint density at radius 1 is 1.60 bits per heavy atom. The predicted molar refractivity (Wildman–Crippen MR) is 39.2 cm³/mol. The maximum Gasteiger partial charge on any atom is 0.349 e. The Labute approximate surface area is 61.2 Å². The van der Waals surface area contributed by atoms with E-state index in [1.165, 1.54) is 11.1 Å². The summed E-state index contributed by atoms with van der Waals surface area (Å²) in [5, 5.41) is 1.36. The Bertz CT molecular complexity index is 130. The van der Waals surface area contributed by atoms with Gasteiger partial charge in [-0.25, -0.2) is 4.79 Å². The molecule has 0 spiro atoms. The molecule has 3 nitrogen and oxygen atoms in total. The molecule has 0 aromatic rings. The third-order valence-electron chi connectivity index (χ3n) is 0.762. The number of rotatable bonds is 3. The summed E-state index contributed by atoms with van der Waals surface area (Å²) in [5.74, 6) is -0.327. The SMILES string of the molecule is CCC=CC(=O)ON(C)C. The van der Waals surface area contributed by atoms with Crippen LogP contribution in [0.15, 0.2) is 12.2 Å². The zero-order chi connectivity index (χ0) is 7.98. The molecular weight excluding hydrogens is 130 g/mol. The molecular formula is C7H13NO2. The number of nitrogens with zero attached hydrogens (tertiary/aromatic N) is 1. The summed E-state index contributed by atoms with van der Waals surface area (Å²) in [6.07, 6.45) is 4.02. The van der Waals surface area contributed by atoms with Crippen molar-refractivity contribution < 1.29 is 9.63 Å². The van der Waals surface area contributed by atoms with E-state index in [2.05, 4.69) is 4.84 Å². The summed E-state index contributed by atoms with van der Waals surface area (Å²) in [6, 6.07) is 0. The first-order valence-electron chi connectivity index (χ1n) is 3.22. The first kappa shape index (κ1) is 9.17. The highest BCUT2D eigenvalue weighted by molar-refractivity contribution is 5.81. The molecule has 0 aliphatic carbocycles. The lowest BCUT2D eigenvalue weighted by molar-refractivity contribution is -0.171. The molecule has 0 N–H and O–H groups in total. The lowest BCUT2D eigenvalue weighted by Crippen LogP contribution is -2.16. The van der Waals surface area contributed by atoms with Crippen molar-refractivity contribution >= 4 is 5.97 Å². The number of carbonyl (C=O) groups excluding carboxylic acids is 1. The van der Waals surface area contributed by atoms with Crippen molar-refractivity contribution in [3.63, 3.8) is 0 Å². The summed E-state index contributed by atoms with van der Waals surface area (Å²) in [6.45, 7) is 1.96. The highest BCUT2D eigenvalue weighted by Crippen LogP contribution is 1.85. The lowest BCUT2D eigenvalue weighted by atomic mass is 10.4. The molecule has 0 bridgehead atoms. The molecule has 0 rings (SSSR count). The van der Waals surface area contributed by atoms with Crippen molar-refractivity contribution in [2.75, 3.05) is 14.1 Å². The van der Waals surface area contributed by atoms with Gasteiger partial charge in [-0.2, -0.15) is 0 Å². The molecule has 0 saturated carbocycles. The fourth-order valence-electron chi connectivity index (χ4n) is 0.424. The Morgan fingerprint density at radius 2 is 2.20 bits per heavy atom. The third-order valence-corrected chi connectivity index (χ3v) is 0.762. The Morgan fingerprint density at radius 3 is 2.60 bits per heavy atom. The highest BCUT2D eigenvalue weighted by atomic mass is 16.7. The van der Waals surface area contributed by atoms with Crippen LogP contribution in [0, 0.1) is 0 Å². The zero-order valence-corrected chi connectivity index (χ0v) is 6.63. The Hall–Kier alpha value is -0.830. The fourth-order valence-corrected chi connectivity index (χ4v) is 0.424. The van der Waals surface area contributed by atoms with E-state index in [1.54, 1.807) is 20.2 Å².